The fraction of sp³-hybridized carbons (Fsp3) is 0. The highest BCUT2D eigenvalue weighted by Gasteiger charge is 2.19. The molecule has 0 amide bonds. The van der Waals surface area contributed by atoms with E-state index in [4.69, 9.17) is 23.9 Å². The van der Waals surface area contributed by atoms with Crippen LogP contribution in [0.1, 0.15) is 17.8 Å². The van der Waals surface area contributed by atoms with E-state index in [1.54, 1.807) is 24.5 Å². The van der Waals surface area contributed by atoms with Crippen molar-refractivity contribution in [2.75, 3.05) is 0 Å². The Bertz CT molecular complexity index is 3070. The van der Waals surface area contributed by atoms with Crippen LogP contribution in [0, 0.1) is 0 Å². The van der Waals surface area contributed by atoms with Crippen molar-refractivity contribution in [3.05, 3.63) is 145 Å². The Morgan fingerprint density at radius 1 is 0.452 bits per heavy atom. The summed E-state index contributed by atoms with van der Waals surface area (Å²) >= 11 is 0. The number of furan rings is 2. The van der Waals surface area contributed by atoms with E-state index in [9.17, 15) is 2.74 Å². The normalized spacial score (nSPS) is 16.1. The molecule has 9 rings (SSSR count). The first-order valence-electron chi connectivity index (χ1n) is 19.7. The van der Waals surface area contributed by atoms with Gasteiger partial charge in [0, 0.05) is 21.7 Å². The van der Waals surface area contributed by atoms with Crippen molar-refractivity contribution >= 4 is 54.5 Å². The molecule has 0 atom stereocenters. The van der Waals surface area contributed by atoms with Crippen LogP contribution in [0.3, 0.4) is 0 Å². The van der Waals surface area contributed by atoms with Gasteiger partial charge in [-0.15, -0.1) is 0 Å². The molecule has 0 radical (unpaired) electrons. The topological polar surface area (TPSA) is 26.3 Å². The predicted molar refractivity (Wildman–Crippen MR) is 175 cm³/mol. The lowest BCUT2D eigenvalue weighted by Gasteiger charge is -2.17. The van der Waals surface area contributed by atoms with Crippen LogP contribution in [0.15, 0.2) is 154 Å². The molecule has 7 aromatic carbocycles. The summed E-state index contributed by atoms with van der Waals surface area (Å²) in [6, 6.07) is 10.1. The van der Waals surface area contributed by atoms with Crippen molar-refractivity contribution in [3.63, 3.8) is 0 Å². The molecule has 196 valence electrons. The molecule has 0 bridgehead atoms. The Morgan fingerprint density at radius 2 is 1.05 bits per heavy atom. The molecule has 2 aromatic heterocycles. The zero-order chi connectivity index (χ0) is 38.9. The van der Waals surface area contributed by atoms with Gasteiger partial charge in [0.25, 0.3) is 0 Å². The van der Waals surface area contributed by atoms with Gasteiger partial charge in [0.05, 0.1) is 24.1 Å². The van der Waals surface area contributed by atoms with E-state index in [1.165, 1.54) is 0 Å². The van der Waals surface area contributed by atoms with Crippen molar-refractivity contribution < 1.29 is 26.7 Å². The molecule has 0 spiro atoms. The van der Waals surface area contributed by atoms with E-state index in [2.05, 4.69) is 0 Å². The smallest absolute Gasteiger partial charge is 0.178 e. The lowest BCUT2D eigenvalue weighted by molar-refractivity contribution is 0.600. The van der Waals surface area contributed by atoms with Crippen molar-refractivity contribution in [1.29, 1.82) is 0 Å². The summed E-state index contributed by atoms with van der Waals surface area (Å²) in [6.45, 7) is 0. The minimum absolute atomic E-state index is 0.0250. The average molecular weight is 550 g/mol. The van der Waals surface area contributed by atoms with Crippen molar-refractivity contribution in [1.82, 2.24) is 0 Å². The van der Waals surface area contributed by atoms with Gasteiger partial charge in [0.15, 0.2) is 11.2 Å². The van der Waals surface area contributed by atoms with E-state index in [-0.39, 0.29) is 38.2 Å². The molecule has 2 nitrogen and oxygen atoms in total. The Labute approximate surface area is 260 Å². The van der Waals surface area contributed by atoms with E-state index in [1.807, 2.05) is 42.5 Å². The van der Waals surface area contributed by atoms with Gasteiger partial charge in [-0.2, -0.15) is 0 Å². The van der Waals surface area contributed by atoms with Crippen LogP contribution < -0.4 is 0 Å². The van der Waals surface area contributed by atoms with Gasteiger partial charge in [-0.1, -0.05) is 115 Å². The summed E-state index contributed by atoms with van der Waals surface area (Å²) in [5, 5.41) is 1.37. The van der Waals surface area contributed by atoms with Gasteiger partial charge in [0.1, 0.15) is 5.58 Å². The lowest BCUT2D eigenvalue weighted by atomic mass is 9.86. The molecule has 0 unspecified atom stereocenters. The minimum Gasteiger partial charge on any atom is -0.460 e. The molecule has 0 saturated carbocycles. The summed E-state index contributed by atoms with van der Waals surface area (Å²) < 4.78 is 127. The molecule has 9 aromatic rings. The van der Waals surface area contributed by atoms with Crippen LogP contribution in [-0.4, -0.2) is 0 Å². The summed E-state index contributed by atoms with van der Waals surface area (Å²) in [7, 11) is 0. The van der Waals surface area contributed by atoms with Crippen LogP contribution in [0.5, 0.6) is 0 Å². The quantitative estimate of drug-likeness (QED) is 0.205. The third kappa shape index (κ3) is 3.33. The molecule has 2 heteroatoms. The van der Waals surface area contributed by atoms with Gasteiger partial charge in [0.2, 0.25) is 0 Å². The molecule has 0 aliphatic heterocycles. The van der Waals surface area contributed by atoms with Gasteiger partial charge in [-0.3, -0.25) is 0 Å². The Balaban J connectivity index is 1.46. The van der Waals surface area contributed by atoms with Crippen LogP contribution in [-0.2, 0) is 0 Å². The molecule has 0 aliphatic rings. The summed E-state index contributed by atoms with van der Waals surface area (Å²) in [4.78, 5) is 0. The van der Waals surface area contributed by atoms with E-state index >= 15 is 0 Å². The summed E-state index contributed by atoms with van der Waals surface area (Å²) in [5.74, 6) is 0. The fourth-order valence-corrected chi connectivity index (χ4v) is 5.86. The number of hydrogen-bond acceptors (Lipinski definition) is 2. The second kappa shape index (κ2) is 8.95. The number of benzene rings is 7. The minimum atomic E-state index is -0.722. The SMILES string of the molecule is [2H]c1c([2H])c([2H])c(-c2c3c([2H])c([2H])c([2H])c([2H])c3c(-c3ccc4c(c3)oc3c4ccc4c(-c5ccccc5)coc43)c3c([2H])c([2H])c([2H])c([2H])c23)c([2H])c1[2H]. The molecule has 42 heavy (non-hydrogen) atoms. The predicted octanol–water partition coefficient (Wildman–Crippen LogP) is 11.6. The number of rotatable bonds is 3. The monoisotopic (exact) mass is 549 g/mol. The maximum absolute atomic E-state index is 9.19. The van der Waals surface area contributed by atoms with Gasteiger partial charge in [-0.25, -0.2) is 0 Å². The Hall–Kier alpha value is -5.60. The first-order chi connectivity index (χ1) is 26.2. The van der Waals surface area contributed by atoms with Crippen LogP contribution >= 0.6 is 0 Å². The molecule has 2 heterocycles. The fourth-order valence-electron chi connectivity index (χ4n) is 5.86. The van der Waals surface area contributed by atoms with Crippen LogP contribution in [0.25, 0.3) is 87.8 Å². The van der Waals surface area contributed by atoms with Gasteiger partial charge < -0.3 is 8.83 Å². The average Bonchev–Trinajstić information content (AvgIpc) is 3.80. The summed E-state index contributed by atoms with van der Waals surface area (Å²) in [5.41, 5.74) is 2.67. The highest BCUT2D eigenvalue weighted by molar-refractivity contribution is 6.22. The van der Waals surface area contributed by atoms with Crippen LogP contribution in [0.4, 0.5) is 0 Å². The molecular weight excluding hydrogens is 512 g/mol. The molecule has 0 aliphatic carbocycles. The van der Waals surface area contributed by atoms with E-state index in [0.717, 1.165) is 21.9 Å². The van der Waals surface area contributed by atoms with Crippen LogP contribution in [0.2, 0.25) is 0 Å². The lowest BCUT2D eigenvalue weighted by Crippen LogP contribution is -1.90. The molecular formula is C40H24O2. The standard InChI is InChI=1S/C40H24O2/c1-3-11-25(12-4-1)35-24-41-39-34(35)22-21-33-28-20-19-27(23-36(28)42-40(33)39)38-31-17-9-7-15-29(31)37(26-13-5-2-6-14-26)30-16-8-10-18-32(30)38/h1-24H/i2D,5D,6D,7D,8D,9D,10D,13D,14D,15D,16D,17D,18D. The number of hydrogen-bond donors (Lipinski definition) is 0. The second-order valence-electron chi connectivity index (χ2n) is 9.90. The second-order valence-corrected chi connectivity index (χ2v) is 9.90. The maximum Gasteiger partial charge on any atom is 0.178 e. The first kappa shape index (κ1) is 13.8. The highest BCUT2D eigenvalue weighted by Crippen LogP contribution is 2.45. The van der Waals surface area contributed by atoms with Gasteiger partial charge in [-0.05, 0) is 73.6 Å². The zero-order valence-corrected chi connectivity index (χ0v) is 21.7. The third-order valence-electron chi connectivity index (χ3n) is 7.68. The van der Waals surface area contributed by atoms with E-state index < -0.39 is 84.1 Å². The largest absolute Gasteiger partial charge is 0.460 e. The van der Waals surface area contributed by atoms with Crippen molar-refractivity contribution in [2.45, 2.75) is 0 Å². The first-order valence-corrected chi connectivity index (χ1v) is 13.2. The Morgan fingerprint density at radius 3 is 1.74 bits per heavy atom. The molecule has 0 N–H and O–H groups in total. The van der Waals surface area contributed by atoms with Crippen molar-refractivity contribution in [2.24, 2.45) is 0 Å². The zero-order valence-electron chi connectivity index (χ0n) is 34.7. The van der Waals surface area contributed by atoms with Crippen molar-refractivity contribution in [3.8, 4) is 33.4 Å². The van der Waals surface area contributed by atoms with Gasteiger partial charge >= 0.3 is 0 Å². The third-order valence-corrected chi connectivity index (χ3v) is 7.68. The maximum atomic E-state index is 9.19. The molecule has 0 fully saturated rings. The highest BCUT2D eigenvalue weighted by atomic mass is 16.4. The Kier molecular flexibility index (Phi) is 2.95. The van der Waals surface area contributed by atoms with E-state index in [0.29, 0.717) is 22.1 Å². The molecule has 0 saturated heterocycles. The summed E-state index contributed by atoms with van der Waals surface area (Å²) in [6.07, 6.45) is 1.66. The number of fused-ring (bicyclic) bond motifs is 7.